The second-order valence-corrected chi connectivity index (χ2v) is 5.24. The fourth-order valence-corrected chi connectivity index (χ4v) is 2.78. The van der Waals surface area contributed by atoms with Gasteiger partial charge in [-0.3, -0.25) is 0 Å². The minimum Gasteiger partial charge on any atom is -0.496 e. The molecule has 0 fully saturated rings. The van der Waals surface area contributed by atoms with E-state index in [1.165, 1.54) is 7.11 Å². The van der Waals surface area contributed by atoms with Crippen LogP contribution in [-0.4, -0.2) is 30.3 Å². The van der Waals surface area contributed by atoms with Gasteiger partial charge in [0.1, 0.15) is 15.6 Å². The van der Waals surface area contributed by atoms with E-state index in [1.807, 2.05) is 25.1 Å². The van der Waals surface area contributed by atoms with Crippen LogP contribution < -0.4 is 4.74 Å². The summed E-state index contributed by atoms with van der Waals surface area (Å²) in [6.45, 7) is 2.14. The Balaban J connectivity index is 2.53. The van der Waals surface area contributed by atoms with Crippen molar-refractivity contribution >= 4 is 17.3 Å². The molecule has 0 saturated carbocycles. The summed E-state index contributed by atoms with van der Waals surface area (Å²) < 4.78 is 10.3. The SMILES string of the molecule is COCc1nc(-c2ccc(C)cc2OC)sc1C(=O)O. The van der Waals surface area contributed by atoms with Crippen LogP contribution in [0.3, 0.4) is 0 Å². The highest BCUT2D eigenvalue weighted by molar-refractivity contribution is 7.17. The van der Waals surface area contributed by atoms with Crippen LogP contribution in [0.25, 0.3) is 10.6 Å². The minimum atomic E-state index is -0.994. The second-order valence-electron chi connectivity index (χ2n) is 4.24. The first-order valence-electron chi connectivity index (χ1n) is 5.93. The molecule has 0 bridgehead atoms. The third-order valence-electron chi connectivity index (χ3n) is 2.76. The Labute approximate surface area is 120 Å². The smallest absolute Gasteiger partial charge is 0.347 e. The van der Waals surface area contributed by atoms with Gasteiger partial charge in [0.25, 0.3) is 0 Å². The Kier molecular flexibility index (Phi) is 4.36. The number of carboxylic acids is 1. The molecule has 2 rings (SSSR count). The fraction of sp³-hybridized carbons (Fsp3) is 0.286. The maximum absolute atomic E-state index is 11.2. The molecule has 5 nitrogen and oxygen atoms in total. The summed E-state index contributed by atoms with van der Waals surface area (Å²) in [5.74, 6) is -0.313. The van der Waals surface area contributed by atoms with E-state index in [-0.39, 0.29) is 11.5 Å². The van der Waals surface area contributed by atoms with Gasteiger partial charge in [0.15, 0.2) is 0 Å². The lowest BCUT2D eigenvalue weighted by molar-refractivity contribution is 0.0697. The Bertz CT molecular complexity index is 636. The van der Waals surface area contributed by atoms with Crippen molar-refractivity contribution in [3.8, 4) is 16.3 Å². The van der Waals surface area contributed by atoms with Crippen LogP contribution in [0.2, 0.25) is 0 Å². The van der Waals surface area contributed by atoms with Crippen LogP contribution in [0.4, 0.5) is 0 Å². The van der Waals surface area contributed by atoms with E-state index in [0.29, 0.717) is 16.5 Å². The molecular formula is C14H15NO4S. The van der Waals surface area contributed by atoms with Crippen LogP contribution in [-0.2, 0) is 11.3 Å². The van der Waals surface area contributed by atoms with Crippen LogP contribution in [0.1, 0.15) is 20.9 Å². The molecule has 20 heavy (non-hydrogen) atoms. The van der Waals surface area contributed by atoms with Gasteiger partial charge in [-0.25, -0.2) is 9.78 Å². The molecule has 0 unspecified atom stereocenters. The number of methoxy groups -OCH3 is 2. The van der Waals surface area contributed by atoms with E-state index in [4.69, 9.17) is 9.47 Å². The molecule has 0 aliphatic heterocycles. The number of thiazole rings is 1. The number of hydrogen-bond acceptors (Lipinski definition) is 5. The van der Waals surface area contributed by atoms with Gasteiger partial charge in [-0.05, 0) is 24.6 Å². The highest BCUT2D eigenvalue weighted by Gasteiger charge is 2.19. The van der Waals surface area contributed by atoms with Gasteiger partial charge in [0.05, 0.1) is 25.0 Å². The first-order chi connectivity index (χ1) is 9.56. The molecule has 0 amide bonds. The normalized spacial score (nSPS) is 10.6. The lowest BCUT2D eigenvalue weighted by Gasteiger charge is -2.06. The zero-order valence-electron chi connectivity index (χ0n) is 11.5. The van der Waals surface area contributed by atoms with E-state index in [0.717, 1.165) is 22.5 Å². The van der Waals surface area contributed by atoms with Crippen molar-refractivity contribution in [1.82, 2.24) is 4.98 Å². The molecule has 0 aliphatic carbocycles. The van der Waals surface area contributed by atoms with Gasteiger partial charge in [-0.2, -0.15) is 0 Å². The summed E-state index contributed by atoms with van der Waals surface area (Å²) in [6.07, 6.45) is 0. The third kappa shape index (κ3) is 2.81. The van der Waals surface area contributed by atoms with Crippen molar-refractivity contribution in [1.29, 1.82) is 0 Å². The predicted octanol–water partition coefficient (Wildman–Crippen LogP) is 2.97. The average Bonchev–Trinajstić information content (AvgIpc) is 2.83. The lowest BCUT2D eigenvalue weighted by Crippen LogP contribution is -1.99. The molecule has 2 aromatic rings. The number of aromatic nitrogens is 1. The number of nitrogens with zero attached hydrogens (tertiary/aromatic N) is 1. The van der Waals surface area contributed by atoms with Gasteiger partial charge in [-0.1, -0.05) is 6.07 Å². The Morgan fingerprint density at radius 1 is 1.40 bits per heavy atom. The highest BCUT2D eigenvalue weighted by atomic mass is 32.1. The third-order valence-corrected chi connectivity index (χ3v) is 3.88. The fourth-order valence-electron chi connectivity index (χ4n) is 1.84. The van der Waals surface area contributed by atoms with Crippen molar-refractivity contribution < 1.29 is 19.4 Å². The molecule has 106 valence electrons. The summed E-state index contributed by atoms with van der Waals surface area (Å²) in [5.41, 5.74) is 2.29. The van der Waals surface area contributed by atoms with E-state index >= 15 is 0 Å². The molecule has 1 aromatic carbocycles. The number of carboxylic acid groups (broad SMARTS) is 1. The molecule has 6 heteroatoms. The van der Waals surface area contributed by atoms with Crippen molar-refractivity contribution in [3.05, 3.63) is 34.3 Å². The standard InChI is InChI=1S/C14H15NO4S/c1-8-4-5-9(11(6-8)19-3)13-15-10(7-18-2)12(20-13)14(16)17/h4-6H,7H2,1-3H3,(H,16,17). The Morgan fingerprint density at radius 3 is 2.75 bits per heavy atom. The van der Waals surface area contributed by atoms with Gasteiger partial charge in [0, 0.05) is 7.11 Å². The maximum atomic E-state index is 11.2. The molecule has 0 atom stereocenters. The number of rotatable bonds is 5. The molecule has 1 heterocycles. The first-order valence-corrected chi connectivity index (χ1v) is 6.75. The van der Waals surface area contributed by atoms with Gasteiger partial charge < -0.3 is 14.6 Å². The maximum Gasteiger partial charge on any atom is 0.347 e. The van der Waals surface area contributed by atoms with Crippen LogP contribution in [0, 0.1) is 6.92 Å². The molecular weight excluding hydrogens is 278 g/mol. The van der Waals surface area contributed by atoms with Crippen LogP contribution >= 0.6 is 11.3 Å². The molecule has 1 N–H and O–H groups in total. The number of carbonyl (C=O) groups is 1. The highest BCUT2D eigenvalue weighted by Crippen LogP contribution is 2.35. The average molecular weight is 293 g/mol. The number of aromatic carboxylic acids is 1. The number of benzene rings is 1. The summed E-state index contributed by atoms with van der Waals surface area (Å²) in [6, 6.07) is 5.72. The van der Waals surface area contributed by atoms with Crippen molar-refractivity contribution in [3.63, 3.8) is 0 Å². The number of aryl methyl sites for hydroxylation is 1. The summed E-state index contributed by atoms with van der Waals surface area (Å²) in [4.78, 5) is 15.8. The Morgan fingerprint density at radius 2 is 2.15 bits per heavy atom. The van der Waals surface area contributed by atoms with E-state index in [9.17, 15) is 9.90 Å². The predicted molar refractivity (Wildman–Crippen MR) is 76.5 cm³/mol. The van der Waals surface area contributed by atoms with E-state index in [1.54, 1.807) is 7.11 Å². The largest absolute Gasteiger partial charge is 0.496 e. The Hall–Kier alpha value is -1.92. The first kappa shape index (κ1) is 14.5. The van der Waals surface area contributed by atoms with Crippen LogP contribution in [0.5, 0.6) is 5.75 Å². The molecule has 0 aliphatic rings. The topological polar surface area (TPSA) is 68.7 Å². The summed E-state index contributed by atoms with van der Waals surface area (Å²) in [7, 11) is 3.09. The number of ether oxygens (including phenoxy) is 2. The second kappa shape index (κ2) is 6.02. The molecule has 0 radical (unpaired) electrons. The van der Waals surface area contributed by atoms with E-state index < -0.39 is 5.97 Å². The molecule has 0 spiro atoms. The minimum absolute atomic E-state index is 0.173. The summed E-state index contributed by atoms with van der Waals surface area (Å²) in [5, 5.41) is 9.82. The zero-order chi connectivity index (χ0) is 14.7. The van der Waals surface area contributed by atoms with Crippen molar-refractivity contribution in [2.45, 2.75) is 13.5 Å². The van der Waals surface area contributed by atoms with Gasteiger partial charge in [0.2, 0.25) is 0 Å². The quantitative estimate of drug-likeness (QED) is 0.917. The molecule has 0 saturated heterocycles. The van der Waals surface area contributed by atoms with E-state index in [2.05, 4.69) is 4.98 Å². The molecule has 1 aromatic heterocycles. The lowest BCUT2D eigenvalue weighted by atomic mass is 10.1. The monoisotopic (exact) mass is 293 g/mol. The summed E-state index contributed by atoms with van der Waals surface area (Å²) >= 11 is 1.13. The zero-order valence-corrected chi connectivity index (χ0v) is 12.3. The van der Waals surface area contributed by atoms with Crippen molar-refractivity contribution in [2.75, 3.05) is 14.2 Å². The van der Waals surface area contributed by atoms with Gasteiger partial charge >= 0.3 is 5.97 Å². The van der Waals surface area contributed by atoms with Gasteiger partial charge in [-0.15, -0.1) is 11.3 Å². The van der Waals surface area contributed by atoms with Crippen LogP contribution in [0.15, 0.2) is 18.2 Å². The number of hydrogen-bond donors (Lipinski definition) is 1. The van der Waals surface area contributed by atoms with Crippen molar-refractivity contribution in [2.24, 2.45) is 0 Å².